The molecule has 0 unspecified atom stereocenters. The summed E-state index contributed by atoms with van der Waals surface area (Å²) in [6.07, 6.45) is 0. The van der Waals surface area contributed by atoms with Crippen LogP contribution in [0, 0.1) is 0 Å². The van der Waals surface area contributed by atoms with Crippen LogP contribution in [0.3, 0.4) is 0 Å². The molecule has 0 N–H and O–H groups in total. The van der Waals surface area contributed by atoms with Crippen LogP contribution in [-0.4, -0.2) is 9.38 Å². The Balaban J connectivity index is 1.04. The first kappa shape index (κ1) is 32.9. The van der Waals surface area contributed by atoms with E-state index in [4.69, 9.17) is 4.98 Å². The third-order valence-electron chi connectivity index (χ3n) is 11.7. The summed E-state index contributed by atoms with van der Waals surface area (Å²) in [5.41, 5.74) is 15.0. The van der Waals surface area contributed by atoms with Crippen LogP contribution in [0.25, 0.3) is 114 Å². The van der Waals surface area contributed by atoms with Crippen LogP contribution in [-0.2, 0) is 0 Å². The Labute approximate surface area is 339 Å². The number of rotatable bonds is 5. The number of aromatic nitrogens is 2. The zero-order valence-electron chi connectivity index (χ0n) is 31.4. The van der Waals surface area contributed by atoms with Crippen molar-refractivity contribution < 1.29 is 0 Å². The molecule has 3 heterocycles. The van der Waals surface area contributed by atoms with Crippen molar-refractivity contribution in [1.29, 1.82) is 0 Å². The van der Waals surface area contributed by atoms with Crippen LogP contribution in [0.5, 0.6) is 0 Å². The molecule has 3 aromatic heterocycles. The number of benzene rings is 9. The largest absolute Gasteiger partial charge is 0.291 e. The maximum absolute atomic E-state index is 5.39. The van der Waals surface area contributed by atoms with Crippen molar-refractivity contribution in [3.8, 4) is 55.8 Å². The Bertz CT molecular complexity index is 3520. The highest BCUT2D eigenvalue weighted by molar-refractivity contribution is 7.26. The quantitative estimate of drug-likeness (QED) is 0.171. The van der Waals surface area contributed by atoms with Crippen LogP contribution in [0.15, 0.2) is 206 Å². The normalized spacial score (nSPS) is 11.8. The Morgan fingerprint density at radius 1 is 0.362 bits per heavy atom. The molecular weight excluding hydrogens is 721 g/mol. The lowest BCUT2D eigenvalue weighted by Gasteiger charge is -2.13. The van der Waals surface area contributed by atoms with Crippen molar-refractivity contribution in [2.45, 2.75) is 0 Å². The summed E-state index contributed by atoms with van der Waals surface area (Å²) in [4.78, 5) is 5.39. The van der Waals surface area contributed by atoms with E-state index >= 15 is 0 Å². The molecule has 3 heteroatoms. The molecule has 2 nitrogen and oxygen atoms in total. The minimum Gasteiger partial charge on any atom is -0.291 e. The highest BCUT2D eigenvalue weighted by Crippen LogP contribution is 2.44. The second kappa shape index (κ2) is 13.1. The fourth-order valence-electron chi connectivity index (χ4n) is 8.85. The van der Waals surface area contributed by atoms with E-state index in [1.165, 1.54) is 86.2 Å². The number of imidazole rings is 1. The van der Waals surface area contributed by atoms with Crippen molar-refractivity contribution in [1.82, 2.24) is 9.38 Å². The smallest absolute Gasteiger partial charge is 0.156 e. The number of fused-ring (bicyclic) bond motifs is 10. The number of nitrogens with zero attached hydrogens (tertiary/aromatic N) is 2. The lowest BCUT2D eigenvalue weighted by atomic mass is 9.92. The predicted octanol–water partition coefficient (Wildman–Crippen LogP) is 15.5. The summed E-state index contributed by atoms with van der Waals surface area (Å²) in [6.45, 7) is 0. The van der Waals surface area contributed by atoms with Gasteiger partial charge in [0.1, 0.15) is 0 Å². The van der Waals surface area contributed by atoms with Gasteiger partial charge >= 0.3 is 0 Å². The van der Waals surface area contributed by atoms with E-state index in [2.05, 4.69) is 211 Å². The van der Waals surface area contributed by atoms with Gasteiger partial charge in [0.05, 0.1) is 21.4 Å². The van der Waals surface area contributed by atoms with E-state index in [9.17, 15) is 0 Å². The maximum atomic E-state index is 5.39. The van der Waals surface area contributed by atoms with Gasteiger partial charge < -0.3 is 0 Å². The molecule has 0 spiro atoms. The SMILES string of the molecule is c1ccc(-c2ccc(-c3cc(-c4ccccc4)cc(-c4ccc(-c5cc6c(sc7ccc8ccccc8c76)c6nc7cc8ccccc8cc7n56)cc4)c3)cc2)cc1. The zero-order chi connectivity index (χ0) is 38.2. The van der Waals surface area contributed by atoms with Crippen LogP contribution >= 0.6 is 11.3 Å². The van der Waals surface area contributed by atoms with Gasteiger partial charge in [0.2, 0.25) is 0 Å². The summed E-state index contributed by atoms with van der Waals surface area (Å²) in [6, 6.07) is 75.2. The maximum Gasteiger partial charge on any atom is 0.156 e. The molecule has 0 amide bonds. The minimum atomic E-state index is 1.01. The highest BCUT2D eigenvalue weighted by atomic mass is 32.1. The average Bonchev–Trinajstić information content (AvgIpc) is 3.87. The molecule has 0 atom stereocenters. The zero-order valence-corrected chi connectivity index (χ0v) is 32.2. The molecule has 0 radical (unpaired) electrons. The average molecular weight is 755 g/mol. The fraction of sp³-hybridized carbons (Fsp3) is 0. The molecular formula is C55H34N2S. The monoisotopic (exact) mass is 754 g/mol. The van der Waals surface area contributed by atoms with Crippen LogP contribution in [0.2, 0.25) is 0 Å². The number of hydrogen-bond donors (Lipinski definition) is 0. The molecule has 12 aromatic rings. The molecule has 0 aliphatic rings. The van der Waals surface area contributed by atoms with Crippen molar-refractivity contribution in [3.63, 3.8) is 0 Å². The molecule has 0 aliphatic heterocycles. The van der Waals surface area contributed by atoms with Gasteiger partial charge in [0.25, 0.3) is 0 Å². The van der Waals surface area contributed by atoms with Crippen molar-refractivity contribution in [3.05, 3.63) is 206 Å². The molecule has 270 valence electrons. The van der Waals surface area contributed by atoms with Gasteiger partial charge in [-0.05, 0) is 114 Å². The molecule has 0 saturated carbocycles. The van der Waals surface area contributed by atoms with Gasteiger partial charge in [0, 0.05) is 15.5 Å². The molecule has 0 fully saturated rings. The fourth-order valence-corrected chi connectivity index (χ4v) is 10.0. The first-order valence-electron chi connectivity index (χ1n) is 19.8. The highest BCUT2D eigenvalue weighted by Gasteiger charge is 2.20. The predicted molar refractivity (Wildman–Crippen MR) is 248 cm³/mol. The Kier molecular flexibility index (Phi) is 7.44. The number of pyridine rings is 1. The lowest BCUT2D eigenvalue weighted by molar-refractivity contribution is 1.25. The van der Waals surface area contributed by atoms with Gasteiger partial charge in [-0.2, -0.15) is 0 Å². The Hall–Kier alpha value is -7.33. The number of thiophene rings is 1. The van der Waals surface area contributed by atoms with E-state index in [1.54, 1.807) is 0 Å². The first-order chi connectivity index (χ1) is 28.7. The Morgan fingerprint density at radius 3 is 1.50 bits per heavy atom. The van der Waals surface area contributed by atoms with Crippen molar-refractivity contribution in [2.24, 2.45) is 0 Å². The molecule has 0 aliphatic carbocycles. The van der Waals surface area contributed by atoms with Gasteiger partial charge in [-0.1, -0.05) is 164 Å². The third-order valence-corrected chi connectivity index (χ3v) is 12.9. The van der Waals surface area contributed by atoms with Crippen molar-refractivity contribution in [2.75, 3.05) is 0 Å². The van der Waals surface area contributed by atoms with E-state index in [0.29, 0.717) is 0 Å². The minimum absolute atomic E-state index is 1.01. The molecule has 9 aromatic carbocycles. The van der Waals surface area contributed by atoms with Crippen LogP contribution in [0.4, 0.5) is 0 Å². The van der Waals surface area contributed by atoms with Gasteiger partial charge in [-0.3, -0.25) is 4.40 Å². The standard InChI is InChI=1S/C55H34N2S/c1-3-11-35(12-4-1)37-19-21-38(22-20-37)45-29-44(36-13-5-2-6-14-36)30-46(31-45)39-23-25-41(26-24-39)50-34-48-53-47-18-10-9-15-40(47)27-28-52(53)58-54(48)55-56-49-32-42-16-7-8-17-43(42)33-51(49)57(50)55/h1-34H. The van der Waals surface area contributed by atoms with Crippen LogP contribution < -0.4 is 0 Å². The lowest BCUT2D eigenvalue weighted by Crippen LogP contribution is -1.93. The third kappa shape index (κ3) is 5.36. The van der Waals surface area contributed by atoms with Crippen LogP contribution in [0.1, 0.15) is 0 Å². The second-order valence-corrected chi connectivity index (χ2v) is 16.2. The summed E-state index contributed by atoms with van der Waals surface area (Å²) in [5.74, 6) is 0. The van der Waals surface area contributed by atoms with E-state index in [-0.39, 0.29) is 0 Å². The summed E-state index contributed by atoms with van der Waals surface area (Å²) in [5, 5.41) is 7.50. The number of hydrogen-bond acceptors (Lipinski definition) is 2. The van der Waals surface area contributed by atoms with Gasteiger partial charge in [-0.15, -0.1) is 11.3 Å². The van der Waals surface area contributed by atoms with Gasteiger partial charge in [0.15, 0.2) is 5.65 Å². The summed E-state index contributed by atoms with van der Waals surface area (Å²) in [7, 11) is 0. The Morgan fingerprint density at radius 2 is 0.862 bits per heavy atom. The van der Waals surface area contributed by atoms with E-state index < -0.39 is 0 Å². The molecule has 0 bridgehead atoms. The molecule has 58 heavy (non-hydrogen) atoms. The van der Waals surface area contributed by atoms with Crippen molar-refractivity contribution >= 4 is 69.7 Å². The summed E-state index contributed by atoms with van der Waals surface area (Å²) < 4.78 is 4.89. The van der Waals surface area contributed by atoms with E-state index in [0.717, 1.165) is 27.9 Å². The van der Waals surface area contributed by atoms with Gasteiger partial charge in [-0.25, -0.2) is 4.98 Å². The topological polar surface area (TPSA) is 17.3 Å². The molecule has 12 rings (SSSR count). The first-order valence-corrected chi connectivity index (χ1v) is 20.6. The molecule has 0 saturated heterocycles. The van der Waals surface area contributed by atoms with E-state index in [1.807, 2.05) is 11.3 Å². The second-order valence-electron chi connectivity index (χ2n) is 15.2. The summed E-state index contributed by atoms with van der Waals surface area (Å²) >= 11 is 1.84.